The molecule has 0 bridgehead atoms. The van der Waals surface area contributed by atoms with Crippen LogP contribution in [0.5, 0.6) is 0 Å². The molecular formula is C16H18N2O6S. The highest BCUT2D eigenvalue weighted by Gasteiger charge is 2.26. The van der Waals surface area contributed by atoms with Crippen LogP contribution in [-0.2, 0) is 14.8 Å². The Balaban J connectivity index is 2.28. The summed E-state index contributed by atoms with van der Waals surface area (Å²) in [6.07, 6.45) is 0. The zero-order valence-corrected chi connectivity index (χ0v) is 14.7. The highest BCUT2D eigenvalue weighted by molar-refractivity contribution is 7.89. The molecule has 0 aliphatic rings. The highest BCUT2D eigenvalue weighted by Crippen LogP contribution is 2.19. The van der Waals surface area contributed by atoms with Crippen LogP contribution in [0.25, 0.3) is 0 Å². The van der Waals surface area contributed by atoms with Crippen LogP contribution in [-0.4, -0.2) is 32.4 Å². The molecule has 2 rings (SSSR count). The number of carboxylic acids is 1. The molecule has 9 heteroatoms. The van der Waals surface area contributed by atoms with Crippen molar-refractivity contribution < 1.29 is 27.5 Å². The van der Waals surface area contributed by atoms with E-state index in [0.29, 0.717) is 5.56 Å². The third kappa shape index (κ3) is 4.25. The first-order valence-corrected chi connectivity index (χ1v) is 8.77. The molecule has 8 nitrogen and oxygen atoms in total. The summed E-state index contributed by atoms with van der Waals surface area (Å²) < 4.78 is 30.3. The summed E-state index contributed by atoms with van der Waals surface area (Å²) in [4.78, 5) is 23.8. The molecule has 0 spiro atoms. The normalized spacial score (nSPS) is 12.6. The predicted octanol–water partition coefficient (Wildman–Crippen LogP) is 1.36. The zero-order valence-electron chi connectivity index (χ0n) is 13.9. The maximum absolute atomic E-state index is 12.2. The van der Waals surface area contributed by atoms with Gasteiger partial charge in [-0.3, -0.25) is 4.79 Å². The molecule has 25 heavy (non-hydrogen) atoms. The molecule has 0 radical (unpaired) electrons. The molecule has 0 fully saturated rings. The van der Waals surface area contributed by atoms with Gasteiger partial charge in [0.25, 0.3) is 15.9 Å². The van der Waals surface area contributed by atoms with Gasteiger partial charge in [0.15, 0.2) is 11.8 Å². The number of carboxylic acid groups (broad SMARTS) is 1. The van der Waals surface area contributed by atoms with Crippen LogP contribution in [0, 0.1) is 13.8 Å². The van der Waals surface area contributed by atoms with Crippen LogP contribution in [0.2, 0.25) is 0 Å². The van der Waals surface area contributed by atoms with Crippen molar-refractivity contribution in [2.75, 3.05) is 7.05 Å². The molecule has 134 valence electrons. The SMILES string of the molecule is CNS(=O)(=O)c1ccc(C(=O)NC(C(=O)O)c2cc(C)cc(C)c2)o1. The maximum atomic E-state index is 12.2. The van der Waals surface area contributed by atoms with E-state index in [0.717, 1.165) is 17.2 Å². The largest absolute Gasteiger partial charge is 0.479 e. The van der Waals surface area contributed by atoms with Gasteiger partial charge in [0.2, 0.25) is 5.09 Å². The number of carbonyl (C=O) groups is 2. The number of aliphatic carboxylic acids is 1. The van der Waals surface area contributed by atoms with Crippen LogP contribution in [0.4, 0.5) is 0 Å². The number of carbonyl (C=O) groups excluding carboxylic acids is 1. The van der Waals surface area contributed by atoms with Crippen molar-refractivity contribution in [1.29, 1.82) is 0 Å². The molecule has 3 N–H and O–H groups in total. The lowest BCUT2D eigenvalue weighted by molar-refractivity contribution is -0.139. The van der Waals surface area contributed by atoms with Gasteiger partial charge in [-0.05, 0) is 38.6 Å². The zero-order chi connectivity index (χ0) is 18.8. The number of hydrogen-bond donors (Lipinski definition) is 3. The van der Waals surface area contributed by atoms with E-state index in [2.05, 4.69) is 10.0 Å². The number of nitrogens with one attached hydrogen (secondary N) is 2. The van der Waals surface area contributed by atoms with E-state index in [1.54, 1.807) is 12.1 Å². The molecule has 2 aromatic rings. The molecule has 1 unspecified atom stereocenters. The van der Waals surface area contributed by atoms with Crippen molar-refractivity contribution in [3.63, 3.8) is 0 Å². The van der Waals surface area contributed by atoms with Crippen LogP contribution < -0.4 is 10.0 Å². The van der Waals surface area contributed by atoms with Crippen molar-refractivity contribution in [3.8, 4) is 0 Å². The summed E-state index contributed by atoms with van der Waals surface area (Å²) in [6.45, 7) is 3.64. The van der Waals surface area contributed by atoms with Crippen LogP contribution in [0.15, 0.2) is 39.8 Å². The Kier molecular flexibility index (Phi) is 5.29. The van der Waals surface area contributed by atoms with Crippen LogP contribution in [0.3, 0.4) is 0 Å². The molecular weight excluding hydrogens is 348 g/mol. The quantitative estimate of drug-likeness (QED) is 0.709. The van der Waals surface area contributed by atoms with E-state index in [9.17, 15) is 23.1 Å². The second-order valence-electron chi connectivity index (χ2n) is 5.49. The number of benzene rings is 1. The molecule has 0 saturated heterocycles. The Morgan fingerprint density at radius 3 is 2.24 bits per heavy atom. The number of rotatable bonds is 6. The van der Waals surface area contributed by atoms with Gasteiger partial charge in [0, 0.05) is 0 Å². The number of sulfonamides is 1. The summed E-state index contributed by atoms with van der Waals surface area (Å²) in [5, 5.41) is 11.3. The summed E-state index contributed by atoms with van der Waals surface area (Å²) >= 11 is 0. The summed E-state index contributed by atoms with van der Waals surface area (Å²) in [5.41, 5.74) is 2.12. The third-order valence-corrected chi connectivity index (χ3v) is 4.73. The minimum Gasteiger partial charge on any atom is -0.479 e. The van der Waals surface area contributed by atoms with Crippen molar-refractivity contribution >= 4 is 21.9 Å². The molecule has 1 aromatic heterocycles. The maximum Gasteiger partial charge on any atom is 0.330 e. The average molecular weight is 366 g/mol. The fraction of sp³-hybridized carbons (Fsp3) is 0.250. The van der Waals surface area contributed by atoms with Gasteiger partial charge in [-0.2, -0.15) is 0 Å². The molecule has 0 aliphatic carbocycles. The van der Waals surface area contributed by atoms with Gasteiger partial charge >= 0.3 is 5.97 Å². The summed E-state index contributed by atoms with van der Waals surface area (Å²) in [5.74, 6) is -2.37. The first-order valence-electron chi connectivity index (χ1n) is 7.29. The van der Waals surface area contributed by atoms with E-state index in [4.69, 9.17) is 4.42 Å². The monoisotopic (exact) mass is 366 g/mol. The minimum atomic E-state index is -3.83. The number of amides is 1. The van der Waals surface area contributed by atoms with Gasteiger partial charge in [-0.1, -0.05) is 29.3 Å². The van der Waals surface area contributed by atoms with Crippen molar-refractivity contribution in [3.05, 3.63) is 52.8 Å². The fourth-order valence-corrected chi connectivity index (χ4v) is 3.00. The number of aryl methyl sites for hydroxylation is 2. The molecule has 1 amide bonds. The van der Waals surface area contributed by atoms with Crippen LogP contribution >= 0.6 is 0 Å². The first kappa shape index (κ1) is 18.7. The number of hydrogen-bond acceptors (Lipinski definition) is 5. The van der Waals surface area contributed by atoms with E-state index < -0.39 is 33.0 Å². The first-order chi connectivity index (χ1) is 11.6. The minimum absolute atomic E-state index is 0.301. The fourth-order valence-electron chi connectivity index (χ4n) is 2.35. The second kappa shape index (κ2) is 7.08. The van der Waals surface area contributed by atoms with Gasteiger partial charge in [-0.25, -0.2) is 17.9 Å². The van der Waals surface area contributed by atoms with E-state index in [-0.39, 0.29) is 5.76 Å². The molecule has 0 saturated carbocycles. The van der Waals surface area contributed by atoms with Gasteiger partial charge in [0.1, 0.15) is 0 Å². The van der Waals surface area contributed by atoms with E-state index in [1.165, 1.54) is 13.1 Å². The topological polar surface area (TPSA) is 126 Å². The van der Waals surface area contributed by atoms with Gasteiger partial charge < -0.3 is 14.8 Å². The van der Waals surface area contributed by atoms with Crippen molar-refractivity contribution in [2.24, 2.45) is 0 Å². The Morgan fingerprint density at radius 2 is 1.72 bits per heavy atom. The Morgan fingerprint density at radius 1 is 1.12 bits per heavy atom. The molecule has 1 aromatic carbocycles. The van der Waals surface area contributed by atoms with E-state index >= 15 is 0 Å². The summed E-state index contributed by atoms with van der Waals surface area (Å²) in [7, 11) is -2.63. The lowest BCUT2D eigenvalue weighted by Gasteiger charge is -2.15. The van der Waals surface area contributed by atoms with Gasteiger partial charge in [0.05, 0.1) is 0 Å². The standard InChI is InChI=1S/C16H18N2O6S/c1-9-6-10(2)8-11(7-9)14(16(20)21)18-15(19)12-4-5-13(24-12)25(22,23)17-3/h4-8,14,17H,1-3H3,(H,18,19)(H,20,21). The van der Waals surface area contributed by atoms with Crippen molar-refractivity contribution in [2.45, 2.75) is 25.0 Å². The van der Waals surface area contributed by atoms with Gasteiger partial charge in [-0.15, -0.1) is 0 Å². The second-order valence-corrected chi connectivity index (χ2v) is 7.31. The molecule has 1 heterocycles. The Hall–Kier alpha value is -2.65. The molecule has 0 aliphatic heterocycles. The molecule has 1 atom stereocenters. The van der Waals surface area contributed by atoms with Crippen molar-refractivity contribution in [1.82, 2.24) is 10.0 Å². The Labute approximate surface area is 144 Å². The highest BCUT2D eigenvalue weighted by atomic mass is 32.2. The smallest absolute Gasteiger partial charge is 0.330 e. The lowest BCUT2D eigenvalue weighted by Crippen LogP contribution is -2.33. The number of furan rings is 1. The predicted molar refractivity (Wildman–Crippen MR) is 88.7 cm³/mol. The Bertz CT molecular complexity index is 896. The summed E-state index contributed by atoms with van der Waals surface area (Å²) in [6, 6.07) is 6.19. The van der Waals surface area contributed by atoms with E-state index in [1.807, 2.05) is 19.9 Å². The third-order valence-electron chi connectivity index (χ3n) is 3.44. The van der Waals surface area contributed by atoms with Crippen LogP contribution in [0.1, 0.15) is 33.3 Å². The lowest BCUT2D eigenvalue weighted by atomic mass is 10.0. The average Bonchev–Trinajstić information content (AvgIpc) is 3.02.